The molecule has 0 spiro atoms. The number of aryl methyl sites for hydroxylation is 1. The number of hydrogen-bond acceptors (Lipinski definition) is 0. The van der Waals surface area contributed by atoms with Crippen LogP contribution in [0.1, 0.15) is 77.3 Å². The van der Waals surface area contributed by atoms with Gasteiger partial charge in [0.1, 0.15) is 0 Å². The fourth-order valence-corrected chi connectivity index (χ4v) is 5.49. The van der Waals surface area contributed by atoms with Gasteiger partial charge in [-0.15, -0.1) is 0 Å². The highest BCUT2D eigenvalue weighted by Crippen LogP contribution is 2.37. The fraction of sp³-hybridized carbons (Fsp3) is 0.700. The van der Waals surface area contributed by atoms with Crippen LogP contribution in [0.15, 0.2) is 18.2 Å². The van der Waals surface area contributed by atoms with Crippen molar-refractivity contribution < 1.29 is 0 Å². The molecule has 21 heavy (non-hydrogen) atoms. The molecule has 0 nitrogen and oxygen atoms in total. The normalized spacial score (nSPS) is 12.6. The number of benzene rings is 1. The fourth-order valence-electron chi connectivity index (χ4n) is 2.96. The molecule has 0 saturated heterocycles. The number of hydrogen-bond donors (Lipinski definition) is 0. The molecular formula is C20H35P. The molecule has 0 amide bonds. The van der Waals surface area contributed by atoms with E-state index in [-0.39, 0.29) is 7.92 Å². The van der Waals surface area contributed by atoms with Gasteiger partial charge >= 0.3 is 0 Å². The standard InChI is InChI=1S/C20H35P/c1-5-9-13-18-14-12-16-20(19(18)15-10-6-2)21(8-4)17-11-7-3/h12,14,16H,5-11,13,15,17H2,1-4H3. The van der Waals surface area contributed by atoms with Gasteiger partial charge in [0.2, 0.25) is 0 Å². The highest BCUT2D eigenvalue weighted by Gasteiger charge is 2.15. The van der Waals surface area contributed by atoms with E-state index in [1.54, 1.807) is 16.4 Å². The Bertz CT molecular complexity index is 383. The van der Waals surface area contributed by atoms with Crippen molar-refractivity contribution in [3.63, 3.8) is 0 Å². The van der Waals surface area contributed by atoms with E-state index in [1.807, 2.05) is 0 Å². The topological polar surface area (TPSA) is 0 Å². The first-order valence-electron chi connectivity index (χ1n) is 9.14. The number of unbranched alkanes of at least 4 members (excludes halogenated alkanes) is 3. The van der Waals surface area contributed by atoms with Crippen molar-refractivity contribution in [3.8, 4) is 0 Å². The first-order valence-corrected chi connectivity index (χ1v) is 10.8. The van der Waals surface area contributed by atoms with Gasteiger partial charge in [0, 0.05) is 0 Å². The maximum absolute atomic E-state index is 2.45. The van der Waals surface area contributed by atoms with E-state index in [0.717, 1.165) is 0 Å². The second-order valence-corrected chi connectivity index (χ2v) is 8.70. The Labute approximate surface area is 134 Å². The first-order chi connectivity index (χ1) is 10.3. The van der Waals surface area contributed by atoms with E-state index in [2.05, 4.69) is 45.9 Å². The molecule has 1 atom stereocenters. The largest absolute Gasteiger partial charge is 0.0753 e. The third-order valence-electron chi connectivity index (χ3n) is 4.33. The lowest BCUT2D eigenvalue weighted by Gasteiger charge is -2.22. The molecule has 0 saturated carbocycles. The van der Waals surface area contributed by atoms with E-state index in [1.165, 1.54) is 63.7 Å². The van der Waals surface area contributed by atoms with Gasteiger partial charge < -0.3 is 0 Å². The average molecular weight is 306 g/mol. The zero-order valence-corrected chi connectivity index (χ0v) is 15.6. The monoisotopic (exact) mass is 306 g/mol. The highest BCUT2D eigenvalue weighted by atomic mass is 31.1. The Morgan fingerprint density at radius 1 is 0.810 bits per heavy atom. The average Bonchev–Trinajstić information content (AvgIpc) is 2.52. The molecule has 1 aromatic rings. The lowest BCUT2D eigenvalue weighted by Crippen LogP contribution is -2.15. The van der Waals surface area contributed by atoms with Crippen molar-refractivity contribution in [2.45, 2.75) is 79.1 Å². The maximum Gasteiger partial charge on any atom is -0.0206 e. The molecule has 0 aromatic heterocycles. The van der Waals surface area contributed by atoms with Gasteiger partial charge in [-0.2, -0.15) is 0 Å². The SMILES string of the molecule is CCCCc1cccc(P(CC)CCCC)c1CCCC. The Hall–Kier alpha value is -0.350. The van der Waals surface area contributed by atoms with Crippen molar-refractivity contribution in [3.05, 3.63) is 29.3 Å². The van der Waals surface area contributed by atoms with Crippen LogP contribution in [0.5, 0.6) is 0 Å². The van der Waals surface area contributed by atoms with Crippen LogP contribution in [0.4, 0.5) is 0 Å². The smallest absolute Gasteiger partial charge is 0.0206 e. The minimum absolute atomic E-state index is 0.0720. The van der Waals surface area contributed by atoms with Crippen LogP contribution >= 0.6 is 7.92 Å². The summed E-state index contributed by atoms with van der Waals surface area (Å²) in [6, 6.07) is 7.17. The molecule has 0 aliphatic rings. The summed E-state index contributed by atoms with van der Waals surface area (Å²) < 4.78 is 0. The molecule has 0 heterocycles. The van der Waals surface area contributed by atoms with E-state index < -0.39 is 0 Å². The molecule has 1 rings (SSSR count). The molecule has 0 radical (unpaired) electrons. The van der Waals surface area contributed by atoms with Crippen molar-refractivity contribution in [1.29, 1.82) is 0 Å². The van der Waals surface area contributed by atoms with Gasteiger partial charge in [-0.1, -0.05) is 73.1 Å². The van der Waals surface area contributed by atoms with Crippen LogP contribution in [0, 0.1) is 0 Å². The molecule has 1 heteroatoms. The maximum atomic E-state index is 2.45. The summed E-state index contributed by atoms with van der Waals surface area (Å²) in [5.41, 5.74) is 3.39. The Morgan fingerprint density at radius 2 is 1.48 bits per heavy atom. The summed E-state index contributed by atoms with van der Waals surface area (Å²) in [4.78, 5) is 0. The molecule has 1 unspecified atom stereocenters. The minimum Gasteiger partial charge on any atom is -0.0753 e. The summed E-state index contributed by atoms with van der Waals surface area (Å²) >= 11 is 0. The van der Waals surface area contributed by atoms with Crippen LogP contribution in [0.2, 0.25) is 0 Å². The summed E-state index contributed by atoms with van der Waals surface area (Å²) in [6.45, 7) is 9.33. The second-order valence-electron chi connectivity index (χ2n) is 6.06. The van der Waals surface area contributed by atoms with Crippen molar-refractivity contribution >= 4 is 13.2 Å². The highest BCUT2D eigenvalue weighted by molar-refractivity contribution is 7.65. The molecule has 0 fully saturated rings. The van der Waals surface area contributed by atoms with Crippen molar-refractivity contribution in [2.24, 2.45) is 0 Å². The lowest BCUT2D eigenvalue weighted by atomic mass is 9.98. The zero-order valence-electron chi connectivity index (χ0n) is 14.8. The lowest BCUT2D eigenvalue weighted by molar-refractivity contribution is 0.760. The zero-order chi connectivity index (χ0) is 15.5. The predicted octanol–water partition coefficient (Wildman–Crippen LogP) is 6.30. The first kappa shape index (κ1) is 18.7. The van der Waals surface area contributed by atoms with E-state index in [4.69, 9.17) is 0 Å². The molecule has 0 aliphatic heterocycles. The molecule has 1 aromatic carbocycles. The molecular weight excluding hydrogens is 271 g/mol. The Balaban J connectivity index is 3.02. The van der Waals surface area contributed by atoms with Crippen LogP contribution in [-0.4, -0.2) is 12.3 Å². The third kappa shape index (κ3) is 6.11. The summed E-state index contributed by atoms with van der Waals surface area (Å²) in [5.74, 6) is 0. The minimum atomic E-state index is 0.0720. The van der Waals surface area contributed by atoms with Crippen LogP contribution < -0.4 is 5.30 Å². The molecule has 0 N–H and O–H groups in total. The second kappa shape index (κ2) is 11.2. The number of rotatable bonds is 11. The summed E-state index contributed by atoms with van der Waals surface area (Å²) in [5, 5.41) is 1.74. The van der Waals surface area contributed by atoms with E-state index >= 15 is 0 Å². The van der Waals surface area contributed by atoms with Gasteiger partial charge in [0.15, 0.2) is 0 Å². The summed E-state index contributed by atoms with van der Waals surface area (Å²) in [6.07, 6.45) is 13.4. The molecule has 0 aliphatic carbocycles. The quantitative estimate of drug-likeness (QED) is 0.421. The van der Waals surface area contributed by atoms with Gasteiger partial charge in [-0.05, 0) is 60.9 Å². The van der Waals surface area contributed by atoms with Gasteiger partial charge in [0.25, 0.3) is 0 Å². The Kier molecular flexibility index (Phi) is 10.0. The van der Waals surface area contributed by atoms with Crippen LogP contribution in [0.25, 0.3) is 0 Å². The van der Waals surface area contributed by atoms with Gasteiger partial charge in [0.05, 0.1) is 0 Å². The van der Waals surface area contributed by atoms with Gasteiger partial charge in [-0.3, -0.25) is 0 Å². The van der Waals surface area contributed by atoms with Crippen molar-refractivity contribution in [2.75, 3.05) is 12.3 Å². The molecule has 120 valence electrons. The summed E-state index contributed by atoms with van der Waals surface area (Å²) in [7, 11) is 0.0720. The van der Waals surface area contributed by atoms with Crippen molar-refractivity contribution in [1.82, 2.24) is 0 Å². The Morgan fingerprint density at radius 3 is 2.10 bits per heavy atom. The van der Waals surface area contributed by atoms with E-state index in [0.29, 0.717) is 0 Å². The van der Waals surface area contributed by atoms with Crippen LogP contribution in [0.3, 0.4) is 0 Å². The predicted molar refractivity (Wildman–Crippen MR) is 101 cm³/mol. The van der Waals surface area contributed by atoms with Gasteiger partial charge in [-0.25, -0.2) is 0 Å². The van der Waals surface area contributed by atoms with Crippen LogP contribution in [-0.2, 0) is 12.8 Å². The van der Waals surface area contributed by atoms with E-state index in [9.17, 15) is 0 Å². The third-order valence-corrected chi connectivity index (χ3v) is 7.05. The molecule has 0 bridgehead atoms.